The lowest BCUT2D eigenvalue weighted by atomic mass is 10.1. The van der Waals surface area contributed by atoms with Crippen molar-refractivity contribution in [3.05, 3.63) is 72.0 Å². The molecule has 202 valence electrons. The third kappa shape index (κ3) is 7.14. The van der Waals surface area contributed by atoms with Crippen molar-refractivity contribution in [2.75, 3.05) is 0 Å². The topological polar surface area (TPSA) is 44.8 Å². The Balaban J connectivity index is 1.90. The maximum absolute atomic E-state index is 12.6. The summed E-state index contributed by atoms with van der Waals surface area (Å²) in [6.07, 6.45) is 4.55. The van der Waals surface area contributed by atoms with E-state index in [4.69, 9.17) is 13.9 Å². The first-order valence-corrected chi connectivity index (χ1v) is 15.7. The zero-order chi connectivity index (χ0) is 27.3. The smallest absolute Gasteiger partial charge is 0.337 e. The highest BCUT2D eigenvalue weighted by Gasteiger charge is 2.51. The molecule has 1 aliphatic rings. The molecule has 0 radical (unpaired) electrons. The lowest BCUT2D eigenvalue weighted by Gasteiger charge is -2.45. The van der Waals surface area contributed by atoms with Crippen LogP contribution in [0.3, 0.4) is 0 Å². The largest absolute Gasteiger partial charge is 0.494 e. The Morgan fingerprint density at radius 1 is 0.973 bits per heavy atom. The first-order chi connectivity index (χ1) is 17.4. The van der Waals surface area contributed by atoms with Crippen LogP contribution in [-0.4, -0.2) is 32.1 Å². The third-order valence-corrected chi connectivity index (χ3v) is 12.1. The summed E-state index contributed by atoms with van der Waals surface area (Å²) in [5.41, 5.74) is 0.0598. The maximum Gasteiger partial charge on any atom is 0.337 e. The van der Waals surface area contributed by atoms with Crippen LogP contribution < -0.4 is 10.4 Å². The molecule has 0 N–H and O–H groups in total. The quantitative estimate of drug-likeness (QED) is 0.204. The number of rotatable bonds is 9. The van der Waals surface area contributed by atoms with Gasteiger partial charge >= 0.3 is 5.97 Å². The monoisotopic (exact) mass is 522 g/mol. The molecule has 0 spiro atoms. The van der Waals surface area contributed by atoms with E-state index < -0.39 is 13.9 Å². The van der Waals surface area contributed by atoms with Crippen LogP contribution in [0, 0.1) is 0 Å². The highest BCUT2D eigenvalue weighted by molar-refractivity contribution is 6.99. The van der Waals surface area contributed by atoms with Gasteiger partial charge in [-0.3, -0.25) is 0 Å². The molecule has 0 unspecified atom stereocenters. The van der Waals surface area contributed by atoms with Crippen molar-refractivity contribution < 1.29 is 18.7 Å². The van der Waals surface area contributed by atoms with E-state index in [0.29, 0.717) is 5.57 Å². The second-order valence-electron chi connectivity index (χ2n) is 12.3. The van der Waals surface area contributed by atoms with Gasteiger partial charge in [-0.05, 0) is 55.9 Å². The predicted molar refractivity (Wildman–Crippen MR) is 155 cm³/mol. The molecule has 0 saturated carbocycles. The molecule has 37 heavy (non-hydrogen) atoms. The van der Waals surface area contributed by atoms with Crippen LogP contribution in [0.2, 0.25) is 5.04 Å². The molecule has 1 heterocycles. The van der Waals surface area contributed by atoms with Crippen LogP contribution in [0.1, 0.15) is 87.5 Å². The molecule has 4 nitrogen and oxygen atoms in total. The standard InChI is InChI=1S/C32H46O4Si/c1-9-16-26(23-25-21-22-29(34-25)24(2)30(33)35-31(3,4)5)36-37(32(6,7)8,27-17-12-10-13-18-27)28-19-14-11-15-20-28/h10-15,17-20,25-26H,9,16,21-23H2,1-8H3/b29-24-/t25-,26-/m0/s1. The Labute approximate surface area is 225 Å². The number of allylic oxidation sites excluding steroid dienone is 1. The minimum absolute atomic E-state index is 0.0298. The van der Waals surface area contributed by atoms with Crippen LogP contribution in [0.25, 0.3) is 0 Å². The summed E-state index contributed by atoms with van der Waals surface area (Å²) in [5.74, 6) is 0.469. The summed E-state index contributed by atoms with van der Waals surface area (Å²) >= 11 is 0. The normalized spacial score (nSPS) is 18.8. The molecule has 0 bridgehead atoms. The van der Waals surface area contributed by atoms with E-state index >= 15 is 0 Å². The Morgan fingerprint density at radius 2 is 1.51 bits per heavy atom. The summed E-state index contributed by atoms with van der Waals surface area (Å²) in [7, 11) is -2.65. The first kappa shape index (κ1) is 29.2. The fourth-order valence-electron chi connectivity index (χ4n) is 5.30. The molecular formula is C32H46O4Si. The van der Waals surface area contributed by atoms with Crippen LogP contribution >= 0.6 is 0 Å². The fraction of sp³-hybridized carbons (Fsp3) is 0.531. The van der Waals surface area contributed by atoms with Gasteiger partial charge in [0.25, 0.3) is 8.32 Å². The Hall–Kier alpha value is -2.37. The molecule has 5 heteroatoms. The number of esters is 1. The van der Waals surface area contributed by atoms with E-state index in [2.05, 4.69) is 88.4 Å². The maximum atomic E-state index is 12.6. The molecule has 0 amide bonds. The van der Waals surface area contributed by atoms with Crippen LogP contribution in [0.5, 0.6) is 0 Å². The van der Waals surface area contributed by atoms with Crippen molar-refractivity contribution in [1.29, 1.82) is 0 Å². The van der Waals surface area contributed by atoms with E-state index in [1.54, 1.807) is 0 Å². The lowest BCUT2D eigenvalue weighted by molar-refractivity contribution is -0.150. The molecule has 2 aromatic rings. The summed E-state index contributed by atoms with van der Waals surface area (Å²) in [6.45, 7) is 16.7. The predicted octanol–water partition coefficient (Wildman–Crippen LogP) is 6.92. The average Bonchev–Trinajstić information content (AvgIpc) is 3.29. The summed E-state index contributed by atoms with van der Waals surface area (Å²) < 4.78 is 19.4. The minimum Gasteiger partial charge on any atom is -0.494 e. The molecule has 0 aromatic heterocycles. The van der Waals surface area contributed by atoms with E-state index in [1.165, 1.54) is 10.4 Å². The van der Waals surface area contributed by atoms with E-state index in [1.807, 2.05) is 27.7 Å². The van der Waals surface area contributed by atoms with Crippen molar-refractivity contribution >= 4 is 24.7 Å². The molecular weight excluding hydrogens is 476 g/mol. The van der Waals surface area contributed by atoms with Crippen molar-refractivity contribution in [2.45, 2.75) is 110 Å². The highest BCUT2D eigenvalue weighted by Crippen LogP contribution is 2.39. The zero-order valence-electron chi connectivity index (χ0n) is 24.1. The van der Waals surface area contributed by atoms with Crippen molar-refractivity contribution in [2.24, 2.45) is 0 Å². The molecule has 2 aromatic carbocycles. The molecule has 0 aliphatic carbocycles. The number of hydrogen-bond donors (Lipinski definition) is 0. The van der Waals surface area contributed by atoms with Gasteiger partial charge in [-0.1, -0.05) is 94.8 Å². The fourth-order valence-corrected chi connectivity index (χ4v) is 10.0. The molecule has 1 fully saturated rings. The summed E-state index contributed by atoms with van der Waals surface area (Å²) in [4.78, 5) is 12.6. The Morgan fingerprint density at radius 3 is 1.97 bits per heavy atom. The molecule has 2 atom stereocenters. The third-order valence-electron chi connectivity index (χ3n) is 7.02. The van der Waals surface area contributed by atoms with Gasteiger partial charge < -0.3 is 13.9 Å². The second kappa shape index (κ2) is 12.0. The van der Waals surface area contributed by atoms with Gasteiger partial charge in [0.2, 0.25) is 0 Å². The number of carbonyl (C=O) groups excluding carboxylic acids is 1. The number of ether oxygens (including phenoxy) is 2. The zero-order valence-corrected chi connectivity index (χ0v) is 25.1. The number of carbonyl (C=O) groups is 1. The van der Waals surface area contributed by atoms with Crippen molar-refractivity contribution in [3.8, 4) is 0 Å². The van der Waals surface area contributed by atoms with Crippen LogP contribution in [0.15, 0.2) is 72.0 Å². The van der Waals surface area contributed by atoms with E-state index in [0.717, 1.165) is 37.9 Å². The lowest BCUT2D eigenvalue weighted by Crippen LogP contribution is -2.67. The molecule has 1 saturated heterocycles. The first-order valence-electron chi connectivity index (χ1n) is 13.8. The number of hydrogen-bond acceptors (Lipinski definition) is 4. The van der Waals surface area contributed by atoms with Crippen LogP contribution in [0.4, 0.5) is 0 Å². The van der Waals surface area contributed by atoms with Crippen molar-refractivity contribution in [3.63, 3.8) is 0 Å². The Bertz CT molecular complexity index is 1010. The van der Waals surface area contributed by atoms with E-state index in [9.17, 15) is 4.79 Å². The van der Waals surface area contributed by atoms with Gasteiger partial charge in [0.05, 0.1) is 5.57 Å². The Kier molecular flexibility index (Phi) is 9.46. The summed E-state index contributed by atoms with van der Waals surface area (Å²) in [6, 6.07) is 21.6. The average molecular weight is 523 g/mol. The SMILES string of the molecule is CCC[C@@H](C[C@@H]1CC/C(=C(\C)C(=O)OC(C)(C)C)O1)O[Si](c1ccccc1)(c1ccccc1)C(C)(C)C. The number of benzene rings is 2. The van der Waals surface area contributed by atoms with Gasteiger partial charge in [0, 0.05) is 18.9 Å². The van der Waals surface area contributed by atoms with Crippen molar-refractivity contribution in [1.82, 2.24) is 0 Å². The highest BCUT2D eigenvalue weighted by atomic mass is 28.4. The van der Waals surface area contributed by atoms with Gasteiger partial charge in [-0.15, -0.1) is 0 Å². The van der Waals surface area contributed by atoms with Gasteiger partial charge in [0.1, 0.15) is 17.5 Å². The van der Waals surface area contributed by atoms with Gasteiger partial charge in [-0.25, -0.2) is 4.79 Å². The molecule has 1 aliphatic heterocycles. The van der Waals surface area contributed by atoms with Gasteiger partial charge in [-0.2, -0.15) is 0 Å². The van der Waals surface area contributed by atoms with Gasteiger partial charge in [0.15, 0.2) is 0 Å². The van der Waals surface area contributed by atoms with E-state index in [-0.39, 0.29) is 23.2 Å². The second-order valence-corrected chi connectivity index (χ2v) is 16.5. The molecule has 3 rings (SSSR count). The minimum atomic E-state index is -2.65. The van der Waals surface area contributed by atoms with Crippen LogP contribution in [-0.2, 0) is 18.7 Å². The summed E-state index contributed by atoms with van der Waals surface area (Å²) in [5, 5.41) is 2.52.